The SMILES string of the molecule is Cc1ccc(NC(=O)CN2CCC(Cn3ccnc3C(C)C)CC2)cc1C. The van der Waals surface area contributed by atoms with Crippen LogP contribution in [0, 0.1) is 19.8 Å². The molecule has 0 spiro atoms. The van der Waals surface area contributed by atoms with Crippen LogP contribution in [0.25, 0.3) is 0 Å². The largest absolute Gasteiger partial charge is 0.334 e. The van der Waals surface area contributed by atoms with E-state index in [0.717, 1.165) is 38.2 Å². The van der Waals surface area contributed by atoms with Crippen molar-refractivity contribution in [2.75, 3.05) is 25.0 Å². The Kier molecular flexibility index (Phi) is 6.32. The van der Waals surface area contributed by atoms with Gasteiger partial charge in [0.25, 0.3) is 0 Å². The average Bonchev–Trinajstić information content (AvgIpc) is 3.08. The Morgan fingerprint density at radius 2 is 1.96 bits per heavy atom. The van der Waals surface area contributed by atoms with E-state index in [0.29, 0.717) is 18.4 Å². The quantitative estimate of drug-likeness (QED) is 0.839. The third-order valence-electron chi connectivity index (χ3n) is 5.58. The smallest absolute Gasteiger partial charge is 0.238 e. The number of benzene rings is 1. The van der Waals surface area contributed by atoms with E-state index in [1.54, 1.807) is 0 Å². The molecular weight excluding hydrogens is 336 g/mol. The number of anilines is 1. The Morgan fingerprint density at radius 3 is 2.63 bits per heavy atom. The van der Waals surface area contributed by atoms with Gasteiger partial charge in [0, 0.05) is 30.5 Å². The Morgan fingerprint density at radius 1 is 1.22 bits per heavy atom. The standard InChI is InChI=1S/C22H32N4O/c1-16(2)22-23-9-12-26(22)14-19-7-10-25(11-8-19)15-21(27)24-20-6-5-17(3)18(4)13-20/h5-6,9,12-13,16,19H,7-8,10-11,14-15H2,1-4H3,(H,24,27). The third kappa shape index (κ3) is 5.19. The number of rotatable bonds is 6. The molecule has 2 aromatic rings. The number of hydrogen-bond acceptors (Lipinski definition) is 3. The van der Waals surface area contributed by atoms with Crippen LogP contribution in [0.1, 0.15) is 49.6 Å². The van der Waals surface area contributed by atoms with Crippen molar-refractivity contribution in [2.24, 2.45) is 5.92 Å². The minimum Gasteiger partial charge on any atom is -0.334 e. The molecule has 1 aliphatic rings. The molecule has 0 saturated carbocycles. The van der Waals surface area contributed by atoms with Gasteiger partial charge in [0.05, 0.1) is 6.54 Å². The summed E-state index contributed by atoms with van der Waals surface area (Å²) in [7, 11) is 0. The minimum atomic E-state index is 0.0772. The molecule has 5 heteroatoms. The van der Waals surface area contributed by atoms with E-state index in [4.69, 9.17) is 0 Å². The van der Waals surface area contributed by atoms with Gasteiger partial charge in [-0.1, -0.05) is 19.9 Å². The predicted molar refractivity (Wildman–Crippen MR) is 110 cm³/mol. The zero-order valence-corrected chi connectivity index (χ0v) is 17.0. The summed E-state index contributed by atoms with van der Waals surface area (Å²) < 4.78 is 2.30. The second kappa shape index (κ2) is 8.70. The van der Waals surface area contributed by atoms with Gasteiger partial charge in [-0.2, -0.15) is 0 Å². The molecule has 27 heavy (non-hydrogen) atoms. The summed E-state index contributed by atoms with van der Waals surface area (Å²) in [5.74, 6) is 2.36. The number of amides is 1. The van der Waals surface area contributed by atoms with Gasteiger partial charge >= 0.3 is 0 Å². The van der Waals surface area contributed by atoms with E-state index >= 15 is 0 Å². The zero-order valence-electron chi connectivity index (χ0n) is 17.0. The first-order valence-electron chi connectivity index (χ1n) is 10.0. The Hall–Kier alpha value is -2.14. The maximum Gasteiger partial charge on any atom is 0.238 e. The van der Waals surface area contributed by atoms with Crippen molar-refractivity contribution in [1.29, 1.82) is 0 Å². The fourth-order valence-electron chi connectivity index (χ4n) is 3.80. The number of carbonyl (C=O) groups excluding carboxylic acids is 1. The highest BCUT2D eigenvalue weighted by Gasteiger charge is 2.22. The molecule has 1 aliphatic heterocycles. The summed E-state index contributed by atoms with van der Waals surface area (Å²) >= 11 is 0. The van der Waals surface area contributed by atoms with Crippen molar-refractivity contribution in [3.8, 4) is 0 Å². The van der Waals surface area contributed by atoms with E-state index in [1.165, 1.54) is 17.0 Å². The van der Waals surface area contributed by atoms with Crippen LogP contribution in [0.4, 0.5) is 5.69 Å². The lowest BCUT2D eigenvalue weighted by Crippen LogP contribution is -2.40. The number of carbonyl (C=O) groups is 1. The highest BCUT2D eigenvalue weighted by atomic mass is 16.2. The molecule has 146 valence electrons. The Bertz CT molecular complexity index is 772. The lowest BCUT2D eigenvalue weighted by Gasteiger charge is -2.32. The van der Waals surface area contributed by atoms with Crippen LogP contribution in [0.2, 0.25) is 0 Å². The second-order valence-corrected chi connectivity index (χ2v) is 8.16. The van der Waals surface area contributed by atoms with Gasteiger partial charge < -0.3 is 9.88 Å². The lowest BCUT2D eigenvalue weighted by atomic mass is 9.96. The Balaban J connectivity index is 1.45. The average molecular weight is 369 g/mol. The number of piperidine rings is 1. The third-order valence-corrected chi connectivity index (χ3v) is 5.58. The van der Waals surface area contributed by atoms with Gasteiger partial charge in [-0.25, -0.2) is 4.98 Å². The normalized spacial score (nSPS) is 16.0. The van der Waals surface area contributed by atoms with Crippen LogP contribution < -0.4 is 5.32 Å². The maximum absolute atomic E-state index is 12.4. The Labute approximate surface area is 162 Å². The molecule has 1 aromatic heterocycles. The van der Waals surface area contributed by atoms with Gasteiger partial charge in [0.2, 0.25) is 5.91 Å². The first-order valence-corrected chi connectivity index (χ1v) is 10.0. The molecule has 0 radical (unpaired) electrons. The summed E-state index contributed by atoms with van der Waals surface area (Å²) in [4.78, 5) is 19.1. The van der Waals surface area contributed by atoms with E-state index in [2.05, 4.69) is 59.7 Å². The van der Waals surface area contributed by atoms with Gasteiger partial charge in [-0.05, 0) is 69.0 Å². The number of imidazole rings is 1. The number of aromatic nitrogens is 2. The van der Waals surface area contributed by atoms with E-state index in [1.807, 2.05) is 18.3 Å². The van der Waals surface area contributed by atoms with Crippen molar-refractivity contribution in [2.45, 2.75) is 53.0 Å². The number of nitrogens with zero attached hydrogens (tertiary/aromatic N) is 3. The molecule has 2 heterocycles. The molecule has 0 bridgehead atoms. The predicted octanol–water partition coefficient (Wildman–Crippen LogP) is 3.97. The number of nitrogens with one attached hydrogen (secondary N) is 1. The summed E-state index contributed by atoms with van der Waals surface area (Å²) in [6.07, 6.45) is 6.26. The molecule has 1 saturated heterocycles. The molecule has 0 aliphatic carbocycles. The maximum atomic E-state index is 12.4. The molecule has 1 N–H and O–H groups in total. The number of hydrogen-bond donors (Lipinski definition) is 1. The molecule has 0 atom stereocenters. The highest BCUT2D eigenvalue weighted by Crippen LogP contribution is 2.22. The summed E-state index contributed by atoms with van der Waals surface area (Å²) in [5.41, 5.74) is 3.33. The molecule has 3 rings (SSSR count). The van der Waals surface area contributed by atoms with E-state index < -0.39 is 0 Å². The lowest BCUT2D eigenvalue weighted by molar-refractivity contribution is -0.117. The molecule has 1 amide bonds. The fraction of sp³-hybridized carbons (Fsp3) is 0.545. The molecular formula is C22H32N4O. The summed E-state index contributed by atoms with van der Waals surface area (Å²) in [5, 5.41) is 3.03. The van der Waals surface area contributed by atoms with Crippen molar-refractivity contribution < 1.29 is 4.79 Å². The van der Waals surface area contributed by atoms with Gasteiger partial charge in [-0.3, -0.25) is 9.69 Å². The second-order valence-electron chi connectivity index (χ2n) is 8.16. The van der Waals surface area contributed by atoms with Gasteiger partial charge in [0.1, 0.15) is 5.82 Å². The fourth-order valence-corrected chi connectivity index (χ4v) is 3.80. The molecule has 0 unspecified atom stereocenters. The van der Waals surface area contributed by atoms with Gasteiger partial charge in [-0.15, -0.1) is 0 Å². The van der Waals surface area contributed by atoms with Crippen LogP contribution in [0.5, 0.6) is 0 Å². The van der Waals surface area contributed by atoms with Crippen LogP contribution in [-0.4, -0.2) is 40.0 Å². The highest BCUT2D eigenvalue weighted by molar-refractivity contribution is 5.92. The number of aryl methyl sites for hydroxylation is 2. The summed E-state index contributed by atoms with van der Waals surface area (Å²) in [6.45, 7) is 12.0. The topological polar surface area (TPSA) is 50.2 Å². The molecule has 1 fully saturated rings. The van der Waals surface area contributed by atoms with Crippen molar-refractivity contribution in [1.82, 2.24) is 14.5 Å². The van der Waals surface area contributed by atoms with Crippen molar-refractivity contribution in [3.05, 3.63) is 47.5 Å². The summed E-state index contributed by atoms with van der Waals surface area (Å²) in [6, 6.07) is 6.07. The van der Waals surface area contributed by atoms with Crippen molar-refractivity contribution in [3.63, 3.8) is 0 Å². The van der Waals surface area contributed by atoms with Crippen LogP contribution >= 0.6 is 0 Å². The monoisotopic (exact) mass is 368 g/mol. The molecule has 1 aromatic carbocycles. The molecule has 5 nitrogen and oxygen atoms in total. The minimum absolute atomic E-state index is 0.0772. The van der Waals surface area contributed by atoms with Crippen LogP contribution in [-0.2, 0) is 11.3 Å². The number of likely N-dealkylation sites (tertiary alicyclic amines) is 1. The van der Waals surface area contributed by atoms with Crippen LogP contribution in [0.3, 0.4) is 0 Å². The van der Waals surface area contributed by atoms with Crippen molar-refractivity contribution >= 4 is 11.6 Å². The van der Waals surface area contributed by atoms with E-state index in [-0.39, 0.29) is 5.91 Å². The first-order chi connectivity index (χ1) is 12.9. The van der Waals surface area contributed by atoms with Gasteiger partial charge in [0.15, 0.2) is 0 Å². The zero-order chi connectivity index (χ0) is 19.4. The van der Waals surface area contributed by atoms with Crippen LogP contribution in [0.15, 0.2) is 30.6 Å². The first kappa shape index (κ1) is 19.6. The van der Waals surface area contributed by atoms with E-state index in [9.17, 15) is 4.79 Å².